The summed E-state index contributed by atoms with van der Waals surface area (Å²) in [6, 6.07) is 6.79. The number of hydrogen-bond acceptors (Lipinski definition) is 3. The van der Waals surface area contributed by atoms with E-state index < -0.39 is 0 Å². The highest BCUT2D eigenvalue weighted by molar-refractivity contribution is 6.09. The van der Waals surface area contributed by atoms with Crippen molar-refractivity contribution in [2.75, 3.05) is 0 Å². The van der Waals surface area contributed by atoms with Gasteiger partial charge in [0.15, 0.2) is 5.43 Å². The molecule has 0 atom stereocenters. The number of benzene rings is 1. The smallest absolute Gasteiger partial charge is 0.190 e. The molecule has 3 nitrogen and oxygen atoms in total. The highest BCUT2D eigenvalue weighted by atomic mass is 16.3. The van der Waals surface area contributed by atoms with Gasteiger partial charge >= 0.3 is 0 Å². The standard InChI is InChI=1S/C14H12O3/c1-2-3-8-6-9(15)13-11-4-5-12(17-11)14(13)10(16)7-8/h4-7,15H,2-3H2,1H3. The van der Waals surface area contributed by atoms with Gasteiger partial charge in [0.1, 0.15) is 16.9 Å². The van der Waals surface area contributed by atoms with Gasteiger partial charge < -0.3 is 9.52 Å². The topological polar surface area (TPSA) is 50.4 Å². The molecule has 0 radical (unpaired) electrons. The molecule has 0 saturated carbocycles. The highest BCUT2D eigenvalue weighted by Crippen LogP contribution is 2.34. The molecule has 2 heterocycles. The van der Waals surface area contributed by atoms with Gasteiger partial charge in [-0.05, 0) is 36.2 Å². The maximum atomic E-state index is 12.1. The first kappa shape index (κ1) is 10.1. The van der Waals surface area contributed by atoms with Crippen LogP contribution in [-0.2, 0) is 6.42 Å². The molecule has 1 aromatic carbocycles. The third kappa shape index (κ3) is 1.39. The molecule has 0 spiro atoms. The fourth-order valence-corrected chi connectivity index (χ4v) is 2.31. The minimum atomic E-state index is -0.0851. The first-order valence-electron chi connectivity index (χ1n) is 5.71. The molecule has 1 N–H and O–H groups in total. The van der Waals surface area contributed by atoms with Gasteiger partial charge in [-0.1, -0.05) is 13.3 Å². The lowest BCUT2D eigenvalue weighted by Crippen LogP contribution is -1.96. The minimum Gasteiger partial charge on any atom is -0.507 e. The maximum absolute atomic E-state index is 12.1. The average Bonchev–Trinajstić information content (AvgIpc) is 2.85. The summed E-state index contributed by atoms with van der Waals surface area (Å²) in [5.74, 6) is 0.125. The van der Waals surface area contributed by atoms with Crippen molar-refractivity contribution in [3.05, 3.63) is 40.1 Å². The van der Waals surface area contributed by atoms with E-state index in [2.05, 4.69) is 0 Å². The van der Waals surface area contributed by atoms with Crippen molar-refractivity contribution >= 4 is 21.9 Å². The Labute approximate surface area is 97.6 Å². The van der Waals surface area contributed by atoms with Crippen LogP contribution in [0, 0.1) is 0 Å². The van der Waals surface area contributed by atoms with Gasteiger partial charge in [-0.2, -0.15) is 0 Å². The van der Waals surface area contributed by atoms with E-state index in [0.717, 1.165) is 18.4 Å². The summed E-state index contributed by atoms with van der Waals surface area (Å²) < 4.78 is 5.41. The number of hydrogen-bond donors (Lipinski definition) is 1. The molecule has 0 saturated heterocycles. The van der Waals surface area contributed by atoms with Gasteiger partial charge in [0.25, 0.3) is 0 Å². The number of rotatable bonds is 2. The second-order valence-corrected chi connectivity index (χ2v) is 4.28. The Morgan fingerprint density at radius 3 is 2.59 bits per heavy atom. The molecule has 0 aliphatic rings. The van der Waals surface area contributed by atoms with E-state index >= 15 is 0 Å². The molecule has 0 fully saturated rings. The van der Waals surface area contributed by atoms with Crippen molar-refractivity contribution in [1.29, 1.82) is 0 Å². The summed E-state index contributed by atoms with van der Waals surface area (Å²) in [5.41, 5.74) is 1.90. The molecule has 2 bridgehead atoms. The summed E-state index contributed by atoms with van der Waals surface area (Å²) in [5, 5.41) is 11.1. The molecule has 0 aliphatic heterocycles. The Morgan fingerprint density at radius 1 is 1.18 bits per heavy atom. The van der Waals surface area contributed by atoms with Crippen LogP contribution in [0.15, 0.2) is 33.5 Å². The molecule has 0 amide bonds. The van der Waals surface area contributed by atoms with E-state index in [1.54, 1.807) is 24.3 Å². The number of furan rings is 2. The first-order chi connectivity index (χ1) is 8.20. The lowest BCUT2D eigenvalue weighted by molar-refractivity contribution is 0.481. The third-order valence-corrected chi connectivity index (χ3v) is 3.03. The fourth-order valence-electron chi connectivity index (χ4n) is 2.31. The van der Waals surface area contributed by atoms with Crippen LogP contribution in [0.25, 0.3) is 21.9 Å². The quantitative estimate of drug-likeness (QED) is 0.733. The Kier molecular flexibility index (Phi) is 2.08. The number of aryl methyl sites for hydroxylation is 1. The molecule has 86 valence electrons. The second kappa shape index (κ2) is 3.48. The minimum absolute atomic E-state index is 0.0851. The van der Waals surface area contributed by atoms with Gasteiger partial charge in [-0.25, -0.2) is 0 Å². The van der Waals surface area contributed by atoms with Gasteiger partial charge in [0, 0.05) is 0 Å². The normalized spacial score (nSPS) is 11.6. The SMILES string of the molecule is CCCc1cc(O)c2c3ccc(o3)c2c(=O)c1. The van der Waals surface area contributed by atoms with E-state index in [1.807, 2.05) is 6.92 Å². The molecule has 3 heteroatoms. The molecule has 0 unspecified atom stereocenters. The zero-order valence-corrected chi connectivity index (χ0v) is 9.49. The number of fused-ring (bicyclic) bond motifs is 5. The van der Waals surface area contributed by atoms with Crippen LogP contribution in [0.4, 0.5) is 0 Å². The number of aromatic hydroxyl groups is 1. The Bertz CT molecular complexity index is 740. The molecular formula is C14H12O3. The zero-order chi connectivity index (χ0) is 12.0. The molecule has 0 aliphatic carbocycles. The second-order valence-electron chi connectivity index (χ2n) is 4.28. The fraction of sp³-hybridized carbons (Fsp3) is 0.214. The van der Waals surface area contributed by atoms with Crippen molar-refractivity contribution in [2.24, 2.45) is 0 Å². The largest absolute Gasteiger partial charge is 0.507 e. The lowest BCUT2D eigenvalue weighted by Gasteiger charge is -1.93. The van der Waals surface area contributed by atoms with Gasteiger partial charge in [0.2, 0.25) is 0 Å². The van der Waals surface area contributed by atoms with E-state index in [1.165, 1.54) is 0 Å². The molecule has 3 aromatic rings. The first-order valence-corrected chi connectivity index (χ1v) is 5.71. The summed E-state index contributed by atoms with van der Waals surface area (Å²) >= 11 is 0. The van der Waals surface area contributed by atoms with Crippen LogP contribution >= 0.6 is 0 Å². The van der Waals surface area contributed by atoms with E-state index in [4.69, 9.17) is 4.42 Å². The lowest BCUT2D eigenvalue weighted by atomic mass is 10.1. The van der Waals surface area contributed by atoms with Gasteiger partial charge in [-0.3, -0.25) is 4.79 Å². The average molecular weight is 228 g/mol. The van der Waals surface area contributed by atoms with Crippen LogP contribution in [0.3, 0.4) is 0 Å². The maximum Gasteiger partial charge on any atom is 0.190 e. The Morgan fingerprint density at radius 2 is 1.88 bits per heavy atom. The van der Waals surface area contributed by atoms with Crippen molar-refractivity contribution in [1.82, 2.24) is 0 Å². The van der Waals surface area contributed by atoms with Crippen LogP contribution < -0.4 is 5.43 Å². The van der Waals surface area contributed by atoms with E-state index in [9.17, 15) is 9.90 Å². The molecule has 17 heavy (non-hydrogen) atoms. The van der Waals surface area contributed by atoms with Crippen LogP contribution in [-0.4, -0.2) is 5.11 Å². The molecule has 3 rings (SSSR count). The Balaban J connectivity index is 2.48. The zero-order valence-electron chi connectivity index (χ0n) is 9.49. The van der Waals surface area contributed by atoms with Gasteiger partial charge in [0.05, 0.1) is 10.8 Å². The predicted octanol–water partition coefficient (Wildman–Crippen LogP) is 3.04. The van der Waals surface area contributed by atoms with Gasteiger partial charge in [-0.15, -0.1) is 0 Å². The summed E-state index contributed by atoms with van der Waals surface area (Å²) in [6.45, 7) is 2.04. The highest BCUT2D eigenvalue weighted by Gasteiger charge is 2.15. The predicted molar refractivity (Wildman–Crippen MR) is 66.8 cm³/mol. The van der Waals surface area contributed by atoms with Crippen molar-refractivity contribution in [3.63, 3.8) is 0 Å². The van der Waals surface area contributed by atoms with Crippen molar-refractivity contribution < 1.29 is 9.52 Å². The monoisotopic (exact) mass is 228 g/mol. The van der Waals surface area contributed by atoms with Crippen LogP contribution in [0.1, 0.15) is 18.9 Å². The molecular weight excluding hydrogens is 216 g/mol. The summed E-state index contributed by atoms with van der Waals surface area (Å²) in [6.07, 6.45) is 1.73. The van der Waals surface area contributed by atoms with E-state index in [0.29, 0.717) is 21.9 Å². The summed E-state index contributed by atoms with van der Waals surface area (Å²) in [7, 11) is 0. The van der Waals surface area contributed by atoms with Crippen molar-refractivity contribution in [2.45, 2.75) is 19.8 Å². The Hall–Kier alpha value is -2.03. The van der Waals surface area contributed by atoms with Crippen LogP contribution in [0.2, 0.25) is 0 Å². The molecule has 2 aromatic heterocycles. The summed E-state index contributed by atoms with van der Waals surface area (Å²) in [4.78, 5) is 12.1. The van der Waals surface area contributed by atoms with Crippen LogP contribution in [0.5, 0.6) is 5.75 Å². The van der Waals surface area contributed by atoms with Crippen molar-refractivity contribution in [3.8, 4) is 5.75 Å². The van der Waals surface area contributed by atoms with E-state index in [-0.39, 0.29) is 11.2 Å². The third-order valence-electron chi connectivity index (χ3n) is 3.03.